The van der Waals surface area contributed by atoms with E-state index in [1.807, 2.05) is 19.9 Å². The number of carbonyl (C=O) groups is 1. The Morgan fingerprint density at radius 2 is 1.89 bits per heavy atom. The lowest BCUT2D eigenvalue weighted by Gasteiger charge is -2.19. The molecular weight excluding hydrogens is 228 g/mol. The van der Waals surface area contributed by atoms with Crippen LogP contribution in [0.15, 0.2) is 12.1 Å². The van der Waals surface area contributed by atoms with E-state index < -0.39 is 5.41 Å². The van der Waals surface area contributed by atoms with Gasteiger partial charge in [-0.05, 0) is 48.9 Å². The second-order valence-electron chi connectivity index (χ2n) is 5.20. The molecular formula is C15H20O3. The van der Waals surface area contributed by atoms with E-state index in [0.717, 1.165) is 28.9 Å². The molecule has 18 heavy (non-hydrogen) atoms. The molecule has 0 aliphatic heterocycles. The fraction of sp³-hybridized carbons (Fsp3) is 0.533. The Morgan fingerprint density at radius 1 is 1.28 bits per heavy atom. The molecule has 1 aromatic carbocycles. The van der Waals surface area contributed by atoms with E-state index in [4.69, 9.17) is 9.47 Å². The van der Waals surface area contributed by atoms with Gasteiger partial charge >= 0.3 is 5.97 Å². The maximum Gasteiger partial charge on any atom is 0.316 e. The Morgan fingerprint density at radius 3 is 2.33 bits per heavy atom. The number of carbonyl (C=O) groups excluding carboxylic acids is 1. The van der Waals surface area contributed by atoms with Crippen LogP contribution in [0, 0.1) is 19.8 Å². The maximum absolute atomic E-state index is 12.1. The van der Waals surface area contributed by atoms with Gasteiger partial charge in [0, 0.05) is 0 Å². The molecule has 0 radical (unpaired) electrons. The van der Waals surface area contributed by atoms with Crippen molar-refractivity contribution in [2.45, 2.75) is 32.6 Å². The van der Waals surface area contributed by atoms with Crippen molar-refractivity contribution in [1.29, 1.82) is 0 Å². The maximum atomic E-state index is 12.1. The Kier molecular flexibility index (Phi) is 3.09. The number of aryl methyl sites for hydroxylation is 2. The molecule has 1 aliphatic carbocycles. The van der Waals surface area contributed by atoms with Crippen LogP contribution in [0.2, 0.25) is 0 Å². The van der Waals surface area contributed by atoms with Gasteiger partial charge in [-0.3, -0.25) is 4.79 Å². The molecule has 0 aromatic heterocycles. The molecule has 3 heteroatoms. The molecule has 2 unspecified atom stereocenters. The molecule has 2 atom stereocenters. The summed E-state index contributed by atoms with van der Waals surface area (Å²) in [5.74, 6) is 1.09. The first kappa shape index (κ1) is 12.9. The number of benzene rings is 1. The van der Waals surface area contributed by atoms with Gasteiger partial charge in [0.2, 0.25) is 0 Å². The third-order valence-corrected chi connectivity index (χ3v) is 4.08. The van der Waals surface area contributed by atoms with Crippen LogP contribution in [0.4, 0.5) is 0 Å². The van der Waals surface area contributed by atoms with Crippen molar-refractivity contribution in [2.75, 3.05) is 14.2 Å². The SMILES string of the molecule is COC(=O)C1(c2cc(C)c(OC)cc2C)CC1C. The Bertz CT molecular complexity index is 493. The van der Waals surface area contributed by atoms with E-state index in [1.165, 1.54) is 7.11 Å². The summed E-state index contributed by atoms with van der Waals surface area (Å²) in [6, 6.07) is 4.06. The van der Waals surface area contributed by atoms with E-state index in [-0.39, 0.29) is 5.97 Å². The Labute approximate surface area is 108 Å². The highest BCUT2D eigenvalue weighted by molar-refractivity contribution is 5.88. The lowest BCUT2D eigenvalue weighted by molar-refractivity contribution is -0.144. The summed E-state index contributed by atoms with van der Waals surface area (Å²) in [5, 5.41) is 0. The topological polar surface area (TPSA) is 35.5 Å². The van der Waals surface area contributed by atoms with E-state index in [9.17, 15) is 4.79 Å². The van der Waals surface area contributed by atoms with Crippen molar-refractivity contribution in [3.63, 3.8) is 0 Å². The molecule has 0 saturated heterocycles. The average molecular weight is 248 g/mol. The monoisotopic (exact) mass is 248 g/mol. The normalized spacial score (nSPS) is 25.7. The van der Waals surface area contributed by atoms with Crippen LogP contribution in [0.1, 0.15) is 30.0 Å². The summed E-state index contributed by atoms with van der Waals surface area (Å²) in [6.45, 7) is 6.11. The molecule has 1 fully saturated rings. The molecule has 3 nitrogen and oxygen atoms in total. The zero-order chi connectivity index (χ0) is 13.5. The van der Waals surface area contributed by atoms with Crippen molar-refractivity contribution >= 4 is 5.97 Å². The number of hydrogen-bond acceptors (Lipinski definition) is 3. The quantitative estimate of drug-likeness (QED) is 0.772. The molecule has 2 rings (SSSR count). The largest absolute Gasteiger partial charge is 0.496 e. The zero-order valence-electron chi connectivity index (χ0n) is 11.7. The number of ether oxygens (including phenoxy) is 2. The fourth-order valence-corrected chi connectivity index (χ4v) is 2.87. The molecule has 0 bridgehead atoms. The summed E-state index contributed by atoms with van der Waals surface area (Å²) < 4.78 is 10.3. The van der Waals surface area contributed by atoms with Gasteiger partial charge in [0.15, 0.2) is 0 Å². The predicted octanol–water partition coefficient (Wildman–Crippen LogP) is 2.76. The van der Waals surface area contributed by atoms with Gasteiger partial charge in [0.1, 0.15) is 5.75 Å². The third kappa shape index (κ3) is 1.69. The van der Waals surface area contributed by atoms with Gasteiger partial charge < -0.3 is 9.47 Å². The molecule has 1 aliphatic rings. The first-order valence-electron chi connectivity index (χ1n) is 6.21. The summed E-state index contributed by atoms with van der Waals surface area (Å²) in [5.41, 5.74) is 2.79. The van der Waals surface area contributed by atoms with Gasteiger partial charge in [0.05, 0.1) is 19.6 Å². The van der Waals surface area contributed by atoms with Crippen LogP contribution in [0.3, 0.4) is 0 Å². The van der Waals surface area contributed by atoms with Crippen LogP contribution in [-0.2, 0) is 14.9 Å². The summed E-state index contributed by atoms with van der Waals surface area (Å²) in [4.78, 5) is 12.1. The van der Waals surface area contributed by atoms with E-state index in [0.29, 0.717) is 5.92 Å². The summed E-state index contributed by atoms with van der Waals surface area (Å²) in [6.07, 6.45) is 0.867. The first-order valence-corrected chi connectivity index (χ1v) is 6.21. The van der Waals surface area contributed by atoms with Crippen LogP contribution in [0.5, 0.6) is 5.75 Å². The summed E-state index contributed by atoms with van der Waals surface area (Å²) >= 11 is 0. The number of rotatable bonds is 3. The van der Waals surface area contributed by atoms with Crippen molar-refractivity contribution in [1.82, 2.24) is 0 Å². The van der Waals surface area contributed by atoms with Crippen molar-refractivity contribution in [3.8, 4) is 5.75 Å². The number of methoxy groups -OCH3 is 2. The summed E-state index contributed by atoms with van der Waals surface area (Å²) in [7, 11) is 3.12. The van der Waals surface area contributed by atoms with Gasteiger partial charge in [-0.15, -0.1) is 0 Å². The third-order valence-electron chi connectivity index (χ3n) is 4.08. The highest BCUT2D eigenvalue weighted by Crippen LogP contribution is 2.56. The molecule has 0 spiro atoms. The minimum absolute atomic E-state index is 0.123. The molecule has 0 heterocycles. The van der Waals surface area contributed by atoms with Gasteiger partial charge in [-0.1, -0.05) is 13.0 Å². The average Bonchev–Trinajstić information content (AvgIpc) is 3.03. The Hall–Kier alpha value is -1.51. The highest BCUT2D eigenvalue weighted by atomic mass is 16.5. The first-order chi connectivity index (χ1) is 8.47. The zero-order valence-corrected chi connectivity index (χ0v) is 11.7. The number of hydrogen-bond donors (Lipinski definition) is 0. The smallest absolute Gasteiger partial charge is 0.316 e. The molecule has 0 N–H and O–H groups in total. The molecule has 1 aromatic rings. The van der Waals surface area contributed by atoms with Crippen LogP contribution < -0.4 is 4.74 Å². The van der Waals surface area contributed by atoms with E-state index in [2.05, 4.69) is 13.0 Å². The van der Waals surface area contributed by atoms with Gasteiger partial charge in [-0.25, -0.2) is 0 Å². The predicted molar refractivity (Wildman–Crippen MR) is 69.9 cm³/mol. The standard InChI is InChI=1S/C15H20O3/c1-9-7-13(17-4)10(2)6-12(9)15(8-11(15)3)14(16)18-5/h6-7,11H,8H2,1-5H3. The molecule has 98 valence electrons. The number of esters is 1. The van der Waals surface area contributed by atoms with Crippen LogP contribution in [-0.4, -0.2) is 20.2 Å². The molecule has 0 amide bonds. The van der Waals surface area contributed by atoms with Crippen LogP contribution in [0.25, 0.3) is 0 Å². The van der Waals surface area contributed by atoms with Crippen LogP contribution >= 0.6 is 0 Å². The van der Waals surface area contributed by atoms with Crippen molar-refractivity contribution < 1.29 is 14.3 Å². The van der Waals surface area contributed by atoms with Gasteiger partial charge in [0.25, 0.3) is 0 Å². The van der Waals surface area contributed by atoms with Crippen molar-refractivity contribution in [3.05, 3.63) is 28.8 Å². The van der Waals surface area contributed by atoms with E-state index >= 15 is 0 Å². The highest BCUT2D eigenvalue weighted by Gasteiger charge is 2.60. The Balaban J connectivity index is 2.51. The second kappa shape index (κ2) is 4.30. The second-order valence-corrected chi connectivity index (χ2v) is 5.20. The van der Waals surface area contributed by atoms with Crippen molar-refractivity contribution in [2.24, 2.45) is 5.92 Å². The minimum atomic E-state index is -0.435. The lowest BCUT2D eigenvalue weighted by Crippen LogP contribution is -2.25. The minimum Gasteiger partial charge on any atom is -0.496 e. The van der Waals surface area contributed by atoms with E-state index in [1.54, 1.807) is 7.11 Å². The van der Waals surface area contributed by atoms with Gasteiger partial charge in [-0.2, -0.15) is 0 Å². The molecule has 1 saturated carbocycles. The fourth-order valence-electron chi connectivity index (χ4n) is 2.87. The lowest BCUT2D eigenvalue weighted by atomic mass is 9.88.